The summed E-state index contributed by atoms with van der Waals surface area (Å²) in [6.07, 6.45) is 1.56. The van der Waals surface area contributed by atoms with Crippen LogP contribution in [0.3, 0.4) is 0 Å². The van der Waals surface area contributed by atoms with Crippen LogP contribution < -0.4 is 10.1 Å². The third kappa shape index (κ3) is 6.53. The molecule has 134 valence electrons. The van der Waals surface area contributed by atoms with Gasteiger partial charge in [0.15, 0.2) is 6.10 Å². The number of hydrogen-bond acceptors (Lipinski definition) is 4. The van der Waals surface area contributed by atoms with E-state index in [-0.39, 0.29) is 18.4 Å². The van der Waals surface area contributed by atoms with Gasteiger partial charge in [-0.15, -0.1) is 0 Å². The third-order valence-corrected chi connectivity index (χ3v) is 4.00. The first-order chi connectivity index (χ1) is 12.0. The van der Waals surface area contributed by atoms with E-state index in [1.807, 2.05) is 18.2 Å². The zero-order chi connectivity index (χ0) is 18.2. The average molecular weight is 383 g/mol. The highest BCUT2D eigenvalue weighted by Crippen LogP contribution is 2.24. The molecule has 0 saturated heterocycles. The summed E-state index contributed by atoms with van der Waals surface area (Å²) in [5.41, 5.74) is 0.869. The predicted molar refractivity (Wildman–Crippen MR) is 98.1 cm³/mol. The Morgan fingerprint density at radius 2 is 2.00 bits per heavy atom. The van der Waals surface area contributed by atoms with Crippen LogP contribution in [0.2, 0.25) is 10.0 Å². The maximum Gasteiger partial charge on any atom is 0.260 e. The monoisotopic (exact) mass is 382 g/mol. The number of aromatic nitrogens is 1. The first-order valence-electron chi connectivity index (χ1n) is 7.89. The first-order valence-corrected chi connectivity index (χ1v) is 8.64. The minimum absolute atomic E-state index is 0.0456. The van der Waals surface area contributed by atoms with Crippen LogP contribution in [-0.2, 0) is 11.2 Å². The molecule has 1 aromatic carbocycles. The van der Waals surface area contributed by atoms with E-state index in [0.29, 0.717) is 28.8 Å². The fourth-order valence-electron chi connectivity index (χ4n) is 2.26. The van der Waals surface area contributed by atoms with E-state index in [1.54, 1.807) is 31.3 Å². The largest absolute Gasteiger partial charge is 0.481 e. The minimum atomic E-state index is -0.719. The molecule has 0 radical (unpaired) electrons. The lowest BCUT2D eigenvalue weighted by Gasteiger charge is -2.18. The number of aliphatic hydroxyl groups is 1. The number of carbonyl (C=O) groups is 1. The van der Waals surface area contributed by atoms with Crippen molar-refractivity contribution in [1.29, 1.82) is 0 Å². The number of benzene rings is 1. The Morgan fingerprint density at radius 1 is 1.28 bits per heavy atom. The van der Waals surface area contributed by atoms with Crippen molar-refractivity contribution in [3.05, 3.63) is 58.3 Å². The van der Waals surface area contributed by atoms with Crippen molar-refractivity contribution in [3.63, 3.8) is 0 Å². The summed E-state index contributed by atoms with van der Waals surface area (Å²) in [5, 5.41) is 13.2. The summed E-state index contributed by atoms with van der Waals surface area (Å²) in [7, 11) is 0. The van der Waals surface area contributed by atoms with E-state index in [1.165, 1.54) is 0 Å². The lowest BCUT2D eigenvalue weighted by molar-refractivity contribution is -0.127. The van der Waals surface area contributed by atoms with Gasteiger partial charge in [-0.2, -0.15) is 0 Å². The predicted octanol–water partition coefficient (Wildman–Crippen LogP) is 3.12. The first kappa shape index (κ1) is 19.5. The van der Waals surface area contributed by atoms with Crippen LogP contribution >= 0.6 is 23.2 Å². The second kappa shape index (κ2) is 9.61. The second-order valence-corrected chi connectivity index (χ2v) is 6.56. The van der Waals surface area contributed by atoms with E-state index in [4.69, 9.17) is 27.9 Å². The van der Waals surface area contributed by atoms with Crippen molar-refractivity contribution >= 4 is 29.1 Å². The molecule has 7 heteroatoms. The topological polar surface area (TPSA) is 71.5 Å². The molecule has 1 amide bonds. The molecule has 0 aliphatic rings. The number of rotatable bonds is 8. The fraction of sp³-hybridized carbons (Fsp3) is 0.333. The average Bonchev–Trinajstić information content (AvgIpc) is 2.58. The molecule has 0 aliphatic heterocycles. The van der Waals surface area contributed by atoms with Gasteiger partial charge < -0.3 is 15.2 Å². The molecule has 0 saturated carbocycles. The summed E-state index contributed by atoms with van der Waals surface area (Å²) in [4.78, 5) is 16.4. The number of nitrogens with zero attached hydrogens (tertiary/aromatic N) is 1. The molecule has 2 atom stereocenters. The number of carbonyl (C=O) groups excluding carboxylic acids is 1. The van der Waals surface area contributed by atoms with Gasteiger partial charge in [0.05, 0.1) is 0 Å². The number of amides is 1. The minimum Gasteiger partial charge on any atom is -0.481 e. The second-order valence-electron chi connectivity index (χ2n) is 5.68. The van der Waals surface area contributed by atoms with Gasteiger partial charge >= 0.3 is 0 Å². The highest BCUT2D eigenvalue weighted by atomic mass is 35.5. The third-order valence-electron chi connectivity index (χ3n) is 3.57. The van der Waals surface area contributed by atoms with Gasteiger partial charge in [-0.05, 0) is 43.7 Å². The quantitative estimate of drug-likeness (QED) is 0.735. The summed E-state index contributed by atoms with van der Waals surface area (Å²) in [6, 6.07) is 10.4. The van der Waals surface area contributed by atoms with Crippen molar-refractivity contribution < 1.29 is 14.6 Å². The highest BCUT2D eigenvalue weighted by molar-refractivity contribution is 6.34. The van der Waals surface area contributed by atoms with Gasteiger partial charge in [-0.1, -0.05) is 29.3 Å². The summed E-state index contributed by atoms with van der Waals surface area (Å²) in [6.45, 7) is 1.92. The van der Waals surface area contributed by atoms with Crippen LogP contribution in [0.15, 0.2) is 42.6 Å². The zero-order valence-electron chi connectivity index (χ0n) is 13.8. The molecule has 1 aromatic heterocycles. The summed E-state index contributed by atoms with van der Waals surface area (Å²) >= 11 is 11.8. The van der Waals surface area contributed by atoms with Gasteiger partial charge in [0.2, 0.25) is 0 Å². The van der Waals surface area contributed by atoms with Crippen LogP contribution in [0, 0.1) is 5.92 Å². The zero-order valence-corrected chi connectivity index (χ0v) is 15.3. The van der Waals surface area contributed by atoms with E-state index in [9.17, 15) is 9.90 Å². The maximum absolute atomic E-state index is 12.2. The number of ether oxygens (including phenoxy) is 1. The summed E-state index contributed by atoms with van der Waals surface area (Å²) in [5.74, 6) is 0.0228. The van der Waals surface area contributed by atoms with E-state index in [2.05, 4.69) is 10.3 Å². The van der Waals surface area contributed by atoms with Gasteiger partial charge in [0.1, 0.15) is 5.75 Å². The van der Waals surface area contributed by atoms with Crippen LogP contribution in [-0.4, -0.2) is 35.3 Å². The van der Waals surface area contributed by atoms with Crippen molar-refractivity contribution in [2.45, 2.75) is 19.4 Å². The highest BCUT2D eigenvalue weighted by Gasteiger charge is 2.17. The van der Waals surface area contributed by atoms with Crippen molar-refractivity contribution in [3.8, 4) is 5.75 Å². The molecule has 25 heavy (non-hydrogen) atoms. The van der Waals surface area contributed by atoms with Gasteiger partial charge in [0.25, 0.3) is 5.91 Å². The Hall–Kier alpha value is -1.82. The fourth-order valence-corrected chi connectivity index (χ4v) is 2.76. The molecule has 0 spiro atoms. The lowest BCUT2D eigenvalue weighted by atomic mass is 10.0. The van der Waals surface area contributed by atoms with Gasteiger partial charge in [-0.3, -0.25) is 9.78 Å². The molecule has 0 aliphatic carbocycles. The normalized spacial score (nSPS) is 13.1. The SMILES string of the molecule is C[C@@H](Oc1cc(Cl)cc(Cl)c1)C(=O)NC[C@H](CO)Cc1ccccn1. The molecule has 0 bridgehead atoms. The number of aliphatic hydroxyl groups excluding tert-OH is 1. The van der Waals surface area contributed by atoms with Crippen LogP contribution in [0.1, 0.15) is 12.6 Å². The molecule has 2 aromatic rings. The standard InChI is InChI=1S/C18H20Cl2N2O3/c1-12(25-17-8-14(19)7-15(20)9-17)18(24)22-10-13(11-23)6-16-4-2-3-5-21-16/h2-5,7-9,12-13,23H,6,10-11H2,1H3,(H,22,24)/t12-,13-/m1/s1. The molecule has 2 rings (SSSR count). The van der Waals surface area contributed by atoms with E-state index >= 15 is 0 Å². The molecule has 0 unspecified atom stereocenters. The van der Waals surface area contributed by atoms with Crippen molar-refractivity contribution in [1.82, 2.24) is 10.3 Å². The Balaban J connectivity index is 1.85. The lowest BCUT2D eigenvalue weighted by Crippen LogP contribution is -2.40. The summed E-state index contributed by atoms with van der Waals surface area (Å²) < 4.78 is 5.57. The van der Waals surface area contributed by atoms with Gasteiger partial charge in [-0.25, -0.2) is 0 Å². The van der Waals surface area contributed by atoms with E-state index in [0.717, 1.165) is 5.69 Å². The maximum atomic E-state index is 12.2. The molecular weight excluding hydrogens is 363 g/mol. The molecule has 5 nitrogen and oxygen atoms in total. The number of nitrogens with one attached hydrogen (secondary N) is 1. The smallest absolute Gasteiger partial charge is 0.260 e. The Morgan fingerprint density at radius 3 is 2.60 bits per heavy atom. The molecule has 1 heterocycles. The van der Waals surface area contributed by atoms with E-state index < -0.39 is 6.10 Å². The van der Waals surface area contributed by atoms with Crippen LogP contribution in [0.5, 0.6) is 5.75 Å². The van der Waals surface area contributed by atoms with Crippen molar-refractivity contribution in [2.75, 3.05) is 13.2 Å². The number of pyridine rings is 1. The Kier molecular flexibility index (Phi) is 7.50. The molecule has 0 fully saturated rings. The Bertz CT molecular complexity index is 678. The van der Waals surface area contributed by atoms with Crippen LogP contribution in [0.4, 0.5) is 0 Å². The molecule has 2 N–H and O–H groups in total. The van der Waals surface area contributed by atoms with Crippen LogP contribution in [0.25, 0.3) is 0 Å². The number of hydrogen-bond donors (Lipinski definition) is 2. The van der Waals surface area contributed by atoms with Crippen molar-refractivity contribution in [2.24, 2.45) is 5.92 Å². The molecular formula is C18H20Cl2N2O3. The number of halogens is 2. The Labute approximate surface area is 156 Å². The van der Waals surface area contributed by atoms with Gasteiger partial charge in [0, 0.05) is 41.0 Å².